The summed E-state index contributed by atoms with van der Waals surface area (Å²) in [5.74, 6) is 0. The molecule has 0 aromatic carbocycles. The molecule has 0 unspecified atom stereocenters. The van der Waals surface area contributed by atoms with Crippen LogP contribution >= 0.6 is 7.82 Å². The van der Waals surface area contributed by atoms with Gasteiger partial charge >= 0.3 is 7.82 Å². The molecular weight excluding hydrogens is 171 g/mol. The SMILES string of the molecule is COP(=O)(OC)O/C=C/C=O. The van der Waals surface area contributed by atoms with E-state index in [2.05, 4.69) is 13.6 Å². The van der Waals surface area contributed by atoms with Crippen LogP contribution in [0.5, 0.6) is 0 Å². The van der Waals surface area contributed by atoms with E-state index in [4.69, 9.17) is 0 Å². The summed E-state index contributed by atoms with van der Waals surface area (Å²) in [6, 6.07) is 0. The maximum Gasteiger partial charge on any atom is 0.528 e. The Labute approximate surface area is 64.6 Å². The van der Waals surface area contributed by atoms with Crippen LogP contribution in [-0.2, 0) is 22.9 Å². The molecule has 0 aliphatic rings. The molecule has 11 heavy (non-hydrogen) atoms. The Morgan fingerprint density at radius 3 is 2.18 bits per heavy atom. The summed E-state index contributed by atoms with van der Waals surface area (Å²) in [6.45, 7) is 0. The lowest BCUT2D eigenvalue weighted by atomic mass is 10.7. The Morgan fingerprint density at radius 1 is 1.27 bits per heavy atom. The van der Waals surface area contributed by atoms with Gasteiger partial charge < -0.3 is 4.52 Å². The maximum absolute atomic E-state index is 11.0. The first-order chi connectivity index (χ1) is 5.18. The van der Waals surface area contributed by atoms with Crippen LogP contribution in [0.3, 0.4) is 0 Å². The number of hydrogen-bond acceptors (Lipinski definition) is 5. The van der Waals surface area contributed by atoms with E-state index in [1.54, 1.807) is 0 Å². The van der Waals surface area contributed by atoms with Crippen LogP contribution < -0.4 is 0 Å². The Kier molecular flexibility index (Phi) is 4.77. The lowest BCUT2D eigenvalue weighted by molar-refractivity contribution is -0.104. The minimum absolute atomic E-state index is 0.482. The lowest BCUT2D eigenvalue weighted by Crippen LogP contribution is -1.88. The predicted molar refractivity (Wildman–Crippen MR) is 37.9 cm³/mol. The molecule has 0 bridgehead atoms. The summed E-state index contributed by atoms with van der Waals surface area (Å²) in [4.78, 5) is 9.73. The molecule has 0 N–H and O–H groups in total. The van der Waals surface area contributed by atoms with Gasteiger partial charge in [-0.3, -0.25) is 13.8 Å². The fraction of sp³-hybridized carbons (Fsp3) is 0.400. The largest absolute Gasteiger partial charge is 0.528 e. The van der Waals surface area contributed by atoms with E-state index in [1.807, 2.05) is 0 Å². The van der Waals surface area contributed by atoms with Crippen molar-refractivity contribution in [3.05, 3.63) is 12.3 Å². The molecule has 0 aromatic heterocycles. The number of phosphoric acid groups is 1. The van der Waals surface area contributed by atoms with Gasteiger partial charge in [-0.15, -0.1) is 0 Å². The summed E-state index contributed by atoms with van der Waals surface area (Å²) in [7, 11) is -1.10. The van der Waals surface area contributed by atoms with Crippen molar-refractivity contribution < 1.29 is 22.9 Å². The number of carbonyl (C=O) groups excluding carboxylic acids is 1. The molecule has 64 valence electrons. The second-order valence-corrected chi connectivity index (χ2v) is 3.22. The van der Waals surface area contributed by atoms with Gasteiger partial charge in [0.05, 0.1) is 6.26 Å². The summed E-state index contributed by atoms with van der Waals surface area (Å²) in [6.07, 6.45) is 2.46. The Bertz CT molecular complexity index is 179. The molecule has 0 amide bonds. The Morgan fingerprint density at radius 2 is 1.82 bits per heavy atom. The molecule has 0 radical (unpaired) electrons. The number of hydrogen-bond donors (Lipinski definition) is 0. The third-order valence-corrected chi connectivity index (χ3v) is 2.07. The summed E-state index contributed by atoms with van der Waals surface area (Å²) in [5.41, 5.74) is 0. The van der Waals surface area contributed by atoms with Gasteiger partial charge in [-0.1, -0.05) is 0 Å². The van der Waals surface area contributed by atoms with Crippen LogP contribution in [0.4, 0.5) is 0 Å². The predicted octanol–water partition coefficient (Wildman–Crippen LogP) is 1.12. The molecule has 0 rings (SSSR count). The molecule has 0 aromatic rings. The molecule has 0 spiro atoms. The Hall–Kier alpha value is -0.640. The smallest absolute Gasteiger partial charge is 0.412 e. The molecule has 0 saturated carbocycles. The van der Waals surface area contributed by atoms with Crippen molar-refractivity contribution >= 4 is 14.1 Å². The zero-order valence-electron chi connectivity index (χ0n) is 6.22. The van der Waals surface area contributed by atoms with Crippen LogP contribution in [0.1, 0.15) is 0 Å². The average molecular weight is 180 g/mol. The highest BCUT2D eigenvalue weighted by Crippen LogP contribution is 2.47. The zero-order chi connectivity index (χ0) is 8.74. The van der Waals surface area contributed by atoms with Gasteiger partial charge in [0.2, 0.25) is 0 Å². The topological polar surface area (TPSA) is 61.8 Å². The fourth-order valence-corrected chi connectivity index (χ4v) is 0.843. The molecule has 0 aliphatic heterocycles. The highest BCUT2D eigenvalue weighted by Gasteiger charge is 2.21. The maximum atomic E-state index is 11.0. The van der Waals surface area contributed by atoms with Crippen LogP contribution in [-0.4, -0.2) is 20.5 Å². The van der Waals surface area contributed by atoms with Gasteiger partial charge in [0.1, 0.15) is 6.29 Å². The van der Waals surface area contributed by atoms with E-state index in [-0.39, 0.29) is 0 Å². The minimum atomic E-state index is -3.46. The fourth-order valence-electron chi connectivity index (χ4n) is 0.302. The van der Waals surface area contributed by atoms with Crippen molar-refractivity contribution in [1.82, 2.24) is 0 Å². The van der Waals surface area contributed by atoms with E-state index in [9.17, 15) is 9.36 Å². The van der Waals surface area contributed by atoms with Crippen LogP contribution in [0.25, 0.3) is 0 Å². The van der Waals surface area contributed by atoms with Gasteiger partial charge in [-0.05, 0) is 0 Å². The molecule has 0 heterocycles. The Balaban J connectivity index is 3.98. The van der Waals surface area contributed by atoms with Gasteiger partial charge in [0, 0.05) is 20.3 Å². The van der Waals surface area contributed by atoms with Crippen molar-refractivity contribution in [3.8, 4) is 0 Å². The molecular formula is C5H9O5P. The first-order valence-electron chi connectivity index (χ1n) is 2.68. The van der Waals surface area contributed by atoms with E-state index in [0.29, 0.717) is 6.29 Å². The van der Waals surface area contributed by atoms with E-state index >= 15 is 0 Å². The van der Waals surface area contributed by atoms with E-state index in [0.717, 1.165) is 12.3 Å². The van der Waals surface area contributed by atoms with Crippen molar-refractivity contribution in [1.29, 1.82) is 0 Å². The highest BCUT2D eigenvalue weighted by molar-refractivity contribution is 7.48. The number of carbonyl (C=O) groups is 1. The monoisotopic (exact) mass is 180 g/mol. The second kappa shape index (κ2) is 5.07. The highest BCUT2D eigenvalue weighted by atomic mass is 31.2. The summed E-state index contributed by atoms with van der Waals surface area (Å²) >= 11 is 0. The van der Waals surface area contributed by atoms with Gasteiger partial charge in [-0.25, -0.2) is 4.57 Å². The zero-order valence-corrected chi connectivity index (χ0v) is 7.11. The normalized spacial score (nSPS) is 11.8. The molecule has 0 fully saturated rings. The van der Waals surface area contributed by atoms with Crippen LogP contribution in [0, 0.1) is 0 Å². The first kappa shape index (κ1) is 10.4. The molecule has 0 aliphatic carbocycles. The van der Waals surface area contributed by atoms with Crippen molar-refractivity contribution in [2.75, 3.05) is 14.2 Å². The lowest BCUT2D eigenvalue weighted by Gasteiger charge is -2.09. The molecule has 0 saturated heterocycles. The van der Waals surface area contributed by atoms with E-state index < -0.39 is 7.82 Å². The molecule has 6 heteroatoms. The van der Waals surface area contributed by atoms with Gasteiger partial charge in [0.25, 0.3) is 0 Å². The number of aldehydes is 1. The van der Waals surface area contributed by atoms with E-state index in [1.165, 1.54) is 14.2 Å². The first-order valence-corrected chi connectivity index (χ1v) is 4.15. The van der Waals surface area contributed by atoms with Gasteiger partial charge in [0.15, 0.2) is 0 Å². The van der Waals surface area contributed by atoms with Crippen molar-refractivity contribution in [2.45, 2.75) is 0 Å². The summed E-state index contributed by atoms with van der Waals surface area (Å²) < 4.78 is 24.2. The third kappa shape index (κ3) is 3.93. The number of allylic oxidation sites excluding steroid dienone is 1. The standard InChI is InChI=1S/C5H9O5P/c1-8-11(7,9-2)10-5-3-4-6/h3-5H,1-2H3/b5-3+. The van der Waals surface area contributed by atoms with Crippen molar-refractivity contribution in [2.24, 2.45) is 0 Å². The minimum Gasteiger partial charge on any atom is -0.412 e. The van der Waals surface area contributed by atoms with Crippen molar-refractivity contribution in [3.63, 3.8) is 0 Å². The third-order valence-electron chi connectivity index (χ3n) is 0.794. The van der Waals surface area contributed by atoms with Crippen LogP contribution in [0.2, 0.25) is 0 Å². The second-order valence-electron chi connectivity index (χ2n) is 1.38. The van der Waals surface area contributed by atoms with Gasteiger partial charge in [-0.2, -0.15) is 0 Å². The quantitative estimate of drug-likeness (QED) is 0.274. The number of rotatable bonds is 5. The van der Waals surface area contributed by atoms with Crippen LogP contribution in [0.15, 0.2) is 12.3 Å². The molecule has 5 nitrogen and oxygen atoms in total. The number of phosphoric ester groups is 1. The average Bonchev–Trinajstić information content (AvgIpc) is 2.05. The molecule has 0 atom stereocenters. The summed E-state index contributed by atoms with van der Waals surface area (Å²) in [5, 5.41) is 0.